The summed E-state index contributed by atoms with van der Waals surface area (Å²) >= 11 is 0. The maximum absolute atomic E-state index is 9.42. The SMILES string of the molecule is OC1CC2CC2[C@@H]2CC12. The van der Waals surface area contributed by atoms with Crippen LogP contribution in [-0.4, -0.2) is 11.2 Å². The summed E-state index contributed by atoms with van der Waals surface area (Å²) in [6.45, 7) is 0. The van der Waals surface area contributed by atoms with E-state index in [1.807, 2.05) is 0 Å². The topological polar surface area (TPSA) is 20.2 Å². The first-order valence-corrected chi connectivity index (χ1v) is 4.04. The first kappa shape index (κ1) is 4.73. The largest absolute Gasteiger partial charge is 0.393 e. The zero-order chi connectivity index (χ0) is 6.01. The Bertz CT molecular complexity index is 150. The first-order valence-electron chi connectivity index (χ1n) is 4.04. The fraction of sp³-hybridized carbons (Fsp3) is 1.00. The highest BCUT2D eigenvalue weighted by Gasteiger charge is 2.60. The molecular formula is C8H12O. The third kappa shape index (κ3) is 0.493. The smallest absolute Gasteiger partial charge is 0.0574 e. The molecule has 3 saturated carbocycles. The van der Waals surface area contributed by atoms with E-state index in [0.717, 1.165) is 30.1 Å². The first-order chi connectivity index (χ1) is 4.36. The summed E-state index contributed by atoms with van der Waals surface area (Å²) in [6, 6.07) is 0. The summed E-state index contributed by atoms with van der Waals surface area (Å²) in [7, 11) is 0. The highest BCUT2D eigenvalue weighted by Crippen LogP contribution is 2.65. The lowest BCUT2D eigenvalue weighted by Gasteiger charge is -2.13. The number of aliphatic hydroxyl groups excluding tert-OH is 1. The van der Waals surface area contributed by atoms with E-state index in [-0.39, 0.29) is 6.10 Å². The fourth-order valence-corrected chi connectivity index (χ4v) is 2.72. The van der Waals surface area contributed by atoms with E-state index >= 15 is 0 Å². The Hall–Kier alpha value is -0.0400. The predicted molar refractivity (Wildman–Crippen MR) is 33.8 cm³/mol. The minimum absolute atomic E-state index is 0.0961. The molecule has 4 unspecified atom stereocenters. The second-order valence-electron chi connectivity index (χ2n) is 4.03. The molecule has 0 radical (unpaired) electrons. The van der Waals surface area contributed by atoms with Crippen LogP contribution in [0, 0.1) is 23.7 Å². The molecule has 0 aromatic rings. The highest BCUT2D eigenvalue weighted by atomic mass is 16.3. The molecule has 0 aromatic heterocycles. The van der Waals surface area contributed by atoms with Crippen molar-refractivity contribution in [3.8, 4) is 0 Å². The number of aliphatic hydroxyl groups is 1. The van der Waals surface area contributed by atoms with Gasteiger partial charge in [0.2, 0.25) is 0 Å². The standard InChI is InChI=1S/C8H12O/c9-8-2-4-1-5(4)6-3-7(6)8/h4-9H,1-3H2/t4?,5?,6-,7?,8?/m0/s1. The molecule has 9 heavy (non-hydrogen) atoms. The molecule has 1 N–H and O–H groups in total. The van der Waals surface area contributed by atoms with Gasteiger partial charge in [0.25, 0.3) is 0 Å². The molecule has 0 aromatic carbocycles. The van der Waals surface area contributed by atoms with Gasteiger partial charge >= 0.3 is 0 Å². The summed E-state index contributed by atoms with van der Waals surface area (Å²) in [5.74, 6) is 3.73. The van der Waals surface area contributed by atoms with Gasteiger partial charge in [-0.05, 0) is 42.9 Å². The Morgan fingerprint density at radius 3 is 2.67 bits per heavy atom. The maximum Gasteiger partial charge on any atom is 0.0574 e. The van der Waals surface area contributed by atoms with Crippen LogP contribution in [0.15, 0.2) is 0 Å². The molecule has 3 aliphatic rings. The Morgan fingerprint density at radius 2 is 1.78 bits per heavy atom. The Kier molecular flexibility index (Phi) is 0.628. The third-order valence-electron chi connectivity index (χ3n) is 3.46. The van der Waals surface area contributed by atoms with Crippen molar-refractivity contribution in [2.24, 2.45) is 23.7 Å². The van der Waals surface area contributed by atoms with Crippen molar-refractivity contribution in [3.63, 3.8) is 0 Å². The number of hydrogen-bond donors (Lipinski definition) is 1. The minimum Gasteiger partial charge on any atom is -0.393 e. The van der Waals surface area contributed by atoms with E-state index in [9.17, 15) is 5.11 Å². The summed E-state index contributed by atoms with van der Waals surface area (Å²) in [4.78, 5) is 0. The molecule has 0 amide bonds. The van der Waals surface area contributed by atoms with E-state index in [2.05, 4.69) is 0 Å². The van der Waals surface area contributed by atoms with Gasteiger partial charge in [-0.2, -0.15) is 0 Å². The van der Waals surface area contributed by atoms with Gasteiger partial charge in [0, 0.05) is 0 Å². The molecule has 1 nitrogen and oxygen atoms in total. The normalized spacial score (nSPS) is 68.3. The number of fused-ring (bicyclic) bond motifs is 3. The molecule has 0 heterocycles. The highest BCUT2D eigenvalue weighted by molar-refractivity contribution is 5.09. The number of hydrogen-bond acceptors (Lipinski definition) is 1. The molecule has 3 rings (SSSR count). The lowest BCUT2D eigenvalue weighted by atomic mass is 9.98. The predicted octanol–water partition coefficient (Wildman–Crippen LogP) is 1.02. The van der Waals surface area contributed by atoms with Crippen LogP contribution >= 0.6 is 0 Å². The average Bonchev–Trinajstić information content (AvgIpc) is 2.54. The van der Waals surface area contributed by atoms with Crippen molar-refractivity contribution in [3.05, 3.63) is 0 Å². The average molecular weight is 124 g/mol. The molecule has 0 bridgehead atoms. The van der Waals surface area contributed by atoms with Crippen LogP contribution in [0.1, 0.15) is 19.3 Å². The zero-order valence-electron chi connectivity index (χ0n) is 5.46. The van der Waals surface area contributed by atoms with Crippen molar-refractivity contribution < 1.29 is 5.11 Å². The molecule has 0 spiro atoms. The van der Waals surface area contributed by atoms with Gasteiger partial charge in [-0.3, -0.25) is 0 Å². The van der Waals surface area contributed by atoms with Gasteiger partial charge < -0.3 is 5.11 Å². The number of rotatable bonds is 0. The van der Waals surface area contributed by atoms with Crippen LogP contribution in [0.25, 0.3) is 0 Å². The fourth-order valence-electron chi connectivity index (χ4n) is 2.72. The van der Waals surface area contributed by atoms with E-state index in [4.69, 9.17) is 0 Å². The second-order valence-corrected chi connectivity index (χ2v) is 4.03. The van der Waals surface area contributed by atoms with Crippen molar-refractivity contribution in [2.45, 2.75) is 25.4 Å². The van der Waals surface area contributed by atoms with Crippen molar-refractivity contribution >= 4 is 0 Å². The Labute approximate surface area is 55.1 Å². The van der Waals surface area contributed by atoms with E-state index < -0.39 is 0 Å². The summed E-state index contributed by atoms with van der Waals surface area (Å²) in [6.07, 6.45) is 4.02. The van der Waals surface area contributed by atoms with Gasteiger partial charge in [-0.25, -0.2) is 0 Å². The van der Waals surface area contributed by atoms with Crippen LogP contribution in [-0.2, 0) is 0 Å². The van der Waals surface area contributed by atoms with Crippen LogP contribution < -0.4 is 0 Å². The van der Waals surface area contributed by atoms with E-state index in [1.165, 1.54) is 12.8 Å². The van der Waals surface area contributed by atoms with Gasteiger partial charge in [-0.1, -0.05) is 0 Å². The summed E-state index contributed by atoms with van der Waals surface area (Å²) in [5.41, 5.74) is 0. The second kappa shape index (κ2) is 1.20. The molecule has 5 atom stereocenters. The minimum atomic E-state index is 0.0961. The molecular weight excluding hydrogens is 112 g/mol. The molecule has 0 aliphatic heterocycles. The molecule has 3 fully saturated rings. The van der Waals surface area contributed by atoms with Gasteiger partial charge in [0.15, 0.2) is 0 Å². The van der Waals surface area contributed by atoms with Crippen molar-refractivity contribution in [2.75, 3.05) is 0 Å². The van der Waals surface area contributed by atoms with Crippen LogP contribution in [0.4, 0.5) is 0 Å². The van der Waals surface area contributed by atoms with Gasteiger partial charge in [0.05, 0.1) is 6.10 Å². The van der Waals surface area contributed by atoms with Crippen molar-refractivity contribution in [1.29, 1.82) is 0 Å². The third-order valence-corrected chi connectivity index (χ3v) is 3.46. The molecule has 1 heteroatoms. The summed E-state index contributed by atoms with van der Waals surface area (Å²) < 4.78 is 0. The van der Waals surface area contributed by atoms with Gasteiger partial charge in [-0.15, -0.1) is 0 Å². The molecule has 3 aliphatic carbocycles. The zero-order valence-corrected chi connectivity index (χ0v) is 5.46. The quantitative estimate of drug-likeness (QED) is 0.511. The molecule has 50 valence electrons. The molecule has 0 saturated heterocycles. The maximum atomic E-state index is 9.42. The Balaban J connectivity index is 1.87. The van der Waals surface area contributed by atoms with Crippen LogP contribution in [0.3, 0.4) is 0 Å². The Morgan fingerprint density at radius 1 is 0.889 bits per heavy atom. The van der Waals surface area contributed by atoms with Gasteiger partial charge in [0.1, 0.15) is 0 Å². The lowest BCUT2D eigenvalue weighted by molar-refractivity contribution is 0.111. The lowest BCUT2D eigenvalue weighted by Crippen LogP contribution is -2.16. The van der Waals surface area contributed by atoms with E-state index in [1.54, 1.807) is 0 Å². The van der Waals surface area contributed by atoms with E-state index in [0.29, 0.717) is 0 Å². The van der Waals surface area contributed by atoms with Crippen LogP contribution in [0.5, 0.6) is 0 Å². The van der Waals surface area contributed by atoms with Crippen LogP contribution in [0.2, 0.25) is 0 Å². The monoisotopic (exact) mass is 124 g/mol. The summed E-state index contributed by atoms with van der Waals surface area (Å²) in [5, 5.41) is 9.42. The van der Waals surface area contributed by atoms with Crippen molar-refractivity contribution in [1.82, 2.24) is 0 Å².